The van der Waals surface area contributed by atoms with Crippen molar-refractivity contribution in [1.82, 2.24) is 14.5 Å². The molecule has 3 N–H and O–H groups in total. The molecule has 1 unspecified atom stereocenters. The van der Waals surface area contributed by atoms with Crippen LogP contribution in [0.3, 0.4) is 0 Å². The molecule has 11 heteroatoms. The fourth-order valence-electron chi connectivity index (χ4n) is 2.80. The highest BCUT2D eigenvalue weighted by Crippen LogP contribution is 2.30. The number of aromatic amines is 1. The molecule has 2 aromatic rings. The molecule has 134 valence electrons. The Labute approximate surface area is 144 Å². The first-order valence-electron chi connectivity index (χ1n) is 7.58. The van der Waals surface area contributed by atoms with E-state index in [1.165, 1.54) is 6.92 Å². The van der Waals surface area contributed by atoms with E-state index in [-0.39, 0.29) is 28.5 Å². The number of anilines is 1. The van der Waals surface area contributed by atoms with E-state index in [2.05, 4.69) is 9.97 Å². The lowest BCUT2D eigenvalue weighted by Gasteiger charge is -2.21. The van der Waals surface area contributed by atoms with Crippen molar-refractivity contribution in [1.29, 1.82) is 0 Å². The monoisotopic (exact) mass is 368 g/mol. The Kier molecular flexibility index (Phi) is 4.43. The number of carbonyl (C=O) groups excluding carboxylic acids is 2. The number of esters is 1. The average molecular weight is 368 g/mol. The number of nitrogens with one attached hydrogen (secondary N) is 1. The van der Waals surface area contributed by atoms with Gasteiger partial charge in [0.15, 0.2) is 17.7 Å². The zero-order chi connectivity index (χ0) is 18.3. The number of nitrogen functional groups attached to an aromatic ring is 1. The molecule has 1 saturated heterocycles. The maximum absolute atomic E-state index is 12.4. The van der Waals surface area contributed by atoms with E-state index in [4.69, 9.17) is 15.2 Å². The van der Waals surface area contributed by atoms with Crippen molar-refractivity contribution in [3.8, 4) is 0 Å². The van der Waals surface area contributed by atoms with Gasteiger partial charge in [-0.05, 0) is 6.42 Å². The first-order chi connectivity index (χ1) is 11.8. The number of aromatic nitrogens is 3. The van der Waals surface area contributed by atoms with Gasteiger partial charge in [0.25, 0.3) is 5.56 Å². The average Bonchev–Trinajstić information content (AvgIpc) is 3.04. The summed E-state index contributed by atoms with van der Waals surface area (Å²) < 4.78 is 11.9. The minimum absolute atomic E-state index is 0.00390. The molecule has 1 aliphatic heterocycles. The van der Waals surface area contributed by atoms with Crippen molar-refractivity contribution in [3.05, 3.63) is 20.0 Å². The molecule has 3 rings (SSSR count). The molecule has 25 heavy (non-hydrogen) atoms. The second-order valence-electron chi connectivity index (χ2n) is 5.60. The highest BCUT2D eigenvalue weighted by Gasteiger charge is 2.41. The SMILES string of the molecule is CCC(OC(C)=O)[C@@H]1CC(=O)[C@H](n2c(=O)sc3c(=O)[nH]c(N)nc32)O1. The van der Waals surface area contributed by atoms with Crippen LogP contribution in [0.15, 0.2) is 9.59 Å². The standard InChI is InChI=1S/C14H16N4O6S/c1-3-7(23-5(2)19)8-4-6(20)12(24-8)18-10-9(25-14(18)22)11(21)17-13(15)16-10/h7-8,12H,3-4H2,1-2H3,(H3,15,16,17,21)/t7?,8-,12+/m0/s1. The summed E-state index contributed by atoms with van der Waals surface area (Å²) in [5.74, 6) is -1.01. The van der Waals surface area contributed by atoms with Gasteiger partial charge in [-0.15, -0.1) is 0 Å². The van der Waals surface area contributed by atoms with Crippen LogP contribution in [0.25, 0.3) is 10.3 Å². The maximum Gasteiger partial charge on any atom is 0.312 e. The minimum atomic E-state index is -1.23. The second-order valence-corrected chi connectivity index (χ2v) is 6.56. The number of hydrogen-bond donors (Lipinski definition) is 2. The molecule has 0 aromatic carbocycles. The number of rotatable bonds is 4. The number of H-pyrrole nitrogens is 1. The van der Waals surface area contributed by atoms with Crippen molar-refractivity contribution in [2.75, 3.05) is 5.73 Å². The Bertz CT molecular complexity index is 960. The minimum Gasteiger partial charge on any atom is -0.460 e. The molecule has 0 radical (unpaired) electrons. The van der Waals surface area contributed by atoms with Crippen LogP contribution in [0.4, 0.5) is 5.95 Å². The van der Waals surface area contributed by atoms with E-state index in [1.807, 2.05) is 0 Å². The lowest BCUT2D eigenvalue weighted by molar-refractivity contribution is -0.156. The number of nitrogens with two attached hydrogens (primary N) is 1. The lowest BCUT2D eigenvalue weighted by atomic mass is 10.1. The van der Waals surface area contributed by atoms with Crippen molar-refractivity contribution >= 4 is 39.4 Å². The van der Waals surface area contributed by atoms with Gasteiger partial charge in [0.1, 0.15) is 16.9 Å². The van der Waals surface area contributed by atoms with Gasteiger partial charge in [0.05, 0.1) is 0 Å². The molecule has 1 aliphatic rings. The zero-order valence-electron chi connectivity index (χ0n) is 13.5. The topological polar surface area (TPSA) is 146 Å². The van der Waals surface area contributed by atoms with Gasteiger partial charge in [-0.1, -0.05) is 18.3 Å². The van der Waals surface area contributed by atoms with Crippen LogP contribution in [0.5, 0.6) is 0 Å². The normalized spacial score (nSPS) is 21.6. The fourth-order valence-corrected chi connectivity index (χ4v) is 3.63. The third-order valence-electron chi connectivity index (χ3n) is 3.84. The van der Waals surface area contributed by atoms with E-state index < -0.39 is 34.8 Å². The first kappa shape index (κ1) is 17.3. The van der Waals surface area contributed by atoms with E-state index in [0.29, 0.717) is 17.8 Å². The van der Waals surface area contributed by atoms with Gasteiger partial charge < -0.3 is 15.2 Å². The number of carbonyl (C=O) groups is 2. The third-order valence-corrected chi connectivity index (χ3v) is 4.79. The van der Waals surface area contributed by atoms with Crippen LogP contribution < -0.4 is 16.2 Å². The Morgan fingerprint density at radius 1 is 1.52 bits per heavy atom. The maximum atomic E-state index is 12.4. The van der Waals surface area contributed by atoms with Gasteiger partial charge >= 0.3 is 10.8 Å². The van der Waals surface area contributed by atoms with Gasteiger partial charge in [-0.2, -0.15) is 4.98 Å². The predicted octanol–water partition coefficient (Wildman–Crippen LogP) is -0.0732. The molecule has 0 bridgehead atoms. The molecule has 0 aliphatic carbocycles. The second kappa shape index (κ2) is 6.41. The Morgan fingerprint density at radius 3 is 2.88 bits per heavy atom. The molecule has 1 fully saturated rings. The van der Waals surface area contributed by atoms with E-state index in [9.17, 15) is 19.2 Å². The Morgan fingerprint density at radius 2 is 2.24 bits per heavy atom. The number of ether oxygens (including phenoxy) is 2. The van der Waals surface area contributed by atoms with Crippen LogP contribution in [0, 0.1) is 0 Å². The summed E-state index contributed by atoms with van der Waals surface area (Å²) in [6, 6.07) is 0. The lowest BCUT2D eigenvalue weighted by Crippen LogP contribution is -2.31. The number of thiazole rings is 1. The van der Waals surface area contributed by atoms with Crippen molar-refractivity contribution in [3.63, 3.8) is 0 Å². The van der Waals surface area contributed by atoms with Gasteiger partial charge in [0, 0.05) is 13.3 Å². The van der Waals surface area contributed by atoms with Crippen molar-refractivity contribution < 1.29 is 19.1 Å². The molecule has 3 atom stereocenters. The third kappa shape index (κ3) is 3.07. The molecular formula is C14H16N4O6S. The number of nitrogens with zero attached hydrogens (tertiary/aromatic N) is 2. The summed E-state index contributed by atoms with van der Waals surface area (Å²) in [6.07, 6.45) is -2.07. The summed E-state index contributed by atoms with van der Waals surface area (Å²) in [5.41, 5.74) is 4.96. The smallest absolute Gasteiger partial charge is 0.312 e. The number of Topliss-reactive ketones (excluding diaryl/α,β-unsaturated/α-hetero) is 1. The molecule has 0 saturated carbocycles. The van der Waals surface area contributed by atoms with Crippen LogP contribution in [0.2, 0.25) is 0 Å². The quantitative estimate of drug-likeness (QED) is 0.713. The first-order valence-corrected chi connectivity index (χ1v) is 8.39. The summed E-state index contributed by atoms with van der Waals surface area (Å²) in [5, 5.41) is 0. The van der Waals surface area contributed by atoms with Crippen LogP contribution in [-0.4, -0.2) is 38.5 Å². The molecule has 0 amide bonds. The fraction of sp³-hybridized carbons (Fsp3) is 0.500. The summed E-state index contributed by atoms with van der Waals surface area (Å²) in [6.45, 7) is 3.06. The molecule has 10 nitrogen and oxygen atoms in total. The Balaban J connectivity index is 2.00. The number of hydrogen-bond acceptors (Lipinski definition) is 9. The van der Waals surface area contributed by atoms with Crippen LogP contribution in [-0.2, 0) is 19.1 Å². The van der Waals surface area contributed by atoms with Crippen molar-refractivity contribution in [2.24, 2.45) is 0 Å². The predicted molar refractivity (Wildman–Crippen MR) is 88.3 cm³/mol. The molecule has 0 spiro atoms. The zero-order valence-corrected chi connectivity index (χ0v) is 14.3. The summed E-state index contributed by atoms with van der Waals surface area (Å²) in [4.78, 5) is 53.5. The summed E-state index contributed by atoms with van der Waals surface area (Å²) >= 11 is 0.657. The number of fused-ring (bicyclic) bond motifs is 1. The van der Waals surface area contributed by atoms with E-state index in [1.54, 1.807) is 6.92 Å². The summed E-state index contributed by atoms with van der Waals surface area (Å²) in [7, 11) is 0. The van der Waals surface area contributed by atoms with E-state index in [0.717, 1.165) is 4.57 Å². The Hall–Kier alpha value is -2.53. The van der Waals surface area contributed by atoms with Crippen LogP contribution >= 0.6 is 11.3 Å². The van der Waals surface area contributed by atoms with Crippen LogP contribution in [0.1, 0.15) is 32.9 Å². The largest absolute Gasteiger partial charge is 0.460 e. The highest BCUT2D eigenvalue weighted by atomic mass is 32.1. The van der Waals surface area contributed by atoms with Gasteiger partial charge in [0.2, 0.25) is 5.95 Å². The van der Waals surface area contributed by atoms with E-state index >= 15 is 0 Å². The molecular weight excluding hydrogens is 352 g/mol. The molecule has 3 heterocycles. The number of ketones is 1. The van der Waals surface area contributed by atoms with Gasteiger partial charge in [-0.25, -0.2) is 4.57 Å². The van der Waals surface area contributed by atoms with Crippen molar-refractivity contribution in [2.45, 2.75) is 45.1 Å². The highest BCUT2D eigenvalue weighted by molar-refractivity contribution is 7.16. The van der Waals surface area contributed by atoms with Gasteiger partial charge in [-0.3, -0.25) is 24.2 Å². The molecule has 2 aromatic heterocycles.